The van der Waals surface area contributed by atoms with E-state index >= 15 is 0 Å². The molecule has 4 heteroatoms. The van der Waals surface area contributed by atoms with Crippen molar-refractivity contribution in [1.82, 2.24) is 0 Å². The SMILES string of the molecule is N#CC1(C(=O)Nc2ccc(CCO)cc2)CC1. The second-order valence-electron chi connectivity index (χ2n) is 4.32. The number of aliphatic hydroxyl groups excluding tert-OH is 1. The predicted octanol–water partition coefficient (Wildman–Crippen LogP) is 1.46. The second kappa shape index (κ2) is 4.56. The van der Waals surface area contributed by atoms with E-state index in [1.807, 2.05) is 12.1 Å². The maximum atomic E-state index is 11.8. The first kappa shape index (κ1) is 11.6. The van der Waals surface area contributed by atoms with Crippen LogP contribution in [0.15, 0.2) is 24.3 Å². The third kappa shape index (κ3) is 2.45. The molecule has 17 heavy (non-hydrogen) atoms. The fourth-order valence-corrected chi connectivity index (χ4v) is 1.65. The minimum atomic E-state index is -0.788. The summed E-state index contributed by atoms with van der Waals surface area (Å²) in [5, 5.41) is 20.4. The van der Waals surface area contributed by atoms with Crippen LogP contribution in [0.4, 0.5) is 5.69 Å². The number of amides is 1. The summed E-state index contributed by atoms with van der Waals surface area (Å²) in [5.74, 6) is -0.213. The summed E-state index contributed by atoms with van der Waals surface area (Å²) in [6.45, 7) is 0.114. The molecule has 0 bridgehead atoms. The van der Waals surface area contributed by atoms with Crippen LogP contribution < -0.4 is 5.32 Å². The van der Waals surface area contributed by atoms with Gasteiger partial charge in [-0.2, -0.15) is 5.26 Å². The van der Waals surface area contributed by atoms with Gasteiger partial charge in [0, 0.05) is 12.3 Å². The number of carbonyl (C=O) groups excluding carboxylic acids is 1. The highest BCUT2D eigenvalue weighted by Crippen LogP contribution is 2.45. The van der Waals surface area contributed by atoms with Crippen molar-refractivity contribution in [3.05, 3.63) is 29.8 Å². The number of hydrogen-bond acceptors (Lipinski definition) is 3. The molecule has 2 rings (SSSR count). The molecule has 1 aromatic rings. The van der Waals surface area contributed by atoms with E-state index in [1.54, 1.807) is 12.1 Å². The molecule has 0 atom stereocenters. The summed E-state index contributed by atoms with van der Waals surface area (Å²) in [4.78, 5) is 11.8. The van der Waals surface area contributed by atoms with Gasteiger partial charge in [-0.25, -0.2) is 0 Å². The molecule has 0 unspecified atom stereocenters. The Bertz CT molecular complexity index is 455. The Kier molecular flexibility index (Phi) is 3.12. The Labute approximate surface area is 99.9 Å². The van der Waals surface area contributed by atoms with Crippen molar-refractivity contribution in [2.45, 2.75) is 19.3 Å². The highest BCUT2D eigenvalue weighted by molar-refractivity contribution is 5.99. The lowest BCUT2D eigenvalue weighted by molar-refractivity contribution is -0.119. The molecule has 0 spiro atoms. The van der Waals surface area contributed by atoms with Crippen LogP contribution in [0.25, 0.3) is 0 Å². The van der Waals surface area contributed by atoms with Crippen LogP contribution in [0.3, 0.4) is 0 Å². The lowest BCUT2D eigenvalue weighted by atomic mass is 10.1. The van der Waals surface area contributed by atoms with Gasteiger partial charge < -0.3 is 10.4 Å². The van der Waals surface area contributed by atoms with Crippen LogP contribution in [0.5, 0.6) is 0 Å². The summed E-state index contributed by atoms with van der Waals surface area (Å²) >= 11 is 0. The highest BCUT2D eigenvalue weighted by atomic mass is 16.2. The topological polar surface area (TPSA) is 73.1 Å². The molecule has 2 N–H and O–H groups in total. The molecule has 1 amide bonds. The van der Waals surface area contributed by atoms with Gasteiger partial charge in [0.15, 0.2) is 0 Å². The van der Waals surface area contributed by atoms with E-state index in [-0.39, 0.29) is 12.5 Å². The highest BCUT2D eigenvalue weighted by Gasteiger charge is 2.50. The Balaban J connectivity index is 2.00. The van der Waals surface area contributed by atoms with Crippen LogP contribution in [0.1, 0.15) is 18.4 Å². The molecule has 1 aliphatic rings. The van der Waals surface area contributed by atoms with E-state index in [4.69, 9.17) is 10.4 Å². The van der Waals surface area contributed by atoms with Gasteiger partial charge in [-0.3, -0.25) is 4.79 Å². The van der Waals surface area contributed by atoms with Crippen molar-refractivity contribution in [3.63, 3.8) is 0 Å². The van der Waals surface area contributed by atoms with Crippen molar-refractivity contribution in [2.75, 3.05) is 11.9 Å². The van der Waals surface area contributed by atoms with Gasteiger partial charge in [0.25, 0.3) is 0 Å². The molecule has 4 nitrogen and oxygen atoms in total. The molecule has 0 aromatic heterocycles. The number of rotatable bonds is 4. The number of anilines is 1. The van der Waals surface area contributed by atoms with Crippen molar-refractivity contribution in [1.29, 1.82) is 5.26 Å². The maximum Gasteiger partial charge on any atom is 0.244 e. The van der Waals surface area contributed by atoms with Crippen molar-refractivity contribution < 1.29 is 9.90 Å². The third-order valence-electron chi connectivity index (χ3n) is 3.01. The van der Waals surface area contributed by atoms with Gasteiger partial charge in [0.1, 0.15) is 5.41 Å². The van der Waals surface area contributed by atoms with E-state index in [9.17, 15) is 4.79 Å². The minimum absolute atomic E-state index is 0.114. The van der Waals surface area contributed by atoms with Crippen molar-refractivity contribution >= 4 is 11.6 Å². The summed E-state index contributed by atoms with van der Waals surface area (Å²) in [6.07, 6.45) is 1.91. The lowest BCUT2D eigenvalue weighted by Crippen LogP contribution is -2.22. The van der Waals surface area contributed by atoms with Crippen LogP contribution in [-0.2, 0) is 11.2 Å². The van der Waals surface area contributed by atoms with Gasteiger partial charge in [-0.1, -0.05) is 12.1 Å². The van der Waals surface area contributed by atoms with Crippen molar-refractivity contribution in [3.8, 4) is 6.07 Å². The molecule has 1 aromatic carbocycles. The zero-order valence-corrected chi connectivity index (χ0v) is 9.44. The van der Waals surface area contributed by atoms with Gasteiger partial charge in [-0.15, -0.1) is 0 Å². The zero-order chi connectivity index (χ0) is 12.3. The van der Waals surface area contributed by atoms with Gasteiger partial charge in [0.05, 0.1) is 6.07 Å². The Morgan fingerprint density at radius 2 is 2.06 bits per heavy atom. The molecule has 1 fully saturated rings. The van der Waals surface area contributed by atoms with E-state index in [0.29, 0.717) is 24.9 Å². The molecule has 1 aliphatic carbocycles. The first-order chi connectivity index (χ1) is 8.20. The zero-order valence-electron chi connectivity index (χ0n) is 9.44. The first-order valence-corrected chi connectivity index (χ1v) is 5.63. The quantitative estimate of drug-likeness (QED) is 0.822. The van der Waals surface area contributed by atoms with Gasteiger partial charge >= 0.3 is 0 Å². The molecule has 1 saturated carbocycles. The molecule has 0 heterocycles. The van der Waals surface area contributed by atoms with Crippen molar-refractivity contribution in [2.24, 2.45) is 5.41 Å². The maximum absolute atomic E-state index is 11.8. The van der Waals surface area contributed by atoms with E-state index < -0.39 is 5.41 Å². The standard InChI is InChI=1S/C13H14N2O2/c14-9-13(6-7-13)12(17)15-11-3-1-10(2-4-11)5-8-16/h1-4,16H,5-8H2,(H,15,17). The Morgan fingerprint density at radius 1 is 1.41 bits per heavy atom. The van der Waals surface area contributed by atoms with Crippen LogP contribution >= 0.6 is 0 Å². The number of carbonyl (C=O) groups is 1. The number of nitrogens with zero attached hydrogens (tertiary/aromatic N) is 1. The summed E-state index contributed by atoms with van der Waals surface area (Å²) in [6, 6.07) is 9.35. The molecule has 0 radical (unpaired) electrons. The lowest BCUT2D eigenvalue weighted by Gasteiger charge is -2.08. The fourth-order valence-electron chi connectivity index (χ4n) is 1.65. The molecule has 0 aliphatic heterocycles. The van der Waals surface area contributed by atoms with Crippen LogP contribution in [-0.4, -0.2) is 17.6 Å². The third-order valence-corrected chi connectivity index (χ3v) is 3.01. The summed E-state index contributed by atoms with van der Waals surface area (Å²) in [7, 11) is 0. The molecular formula is C13H14N2O2. The number of hydrogen-bond donors (Lipinski definition) is 2. The Hall–Kier alpha value is -1.86. The van der Waals surface area contributed by atoms with E-state index in [1.165, 1.54) is 0 Å². The average Bonchev–Trinajstić information content (AvgIpc) is 3.13. The smallest absolute Gasteiger partial charge is 0.244 e. The fraction of sp³-hybridized carbons (Fsp3) is 0.385. The minimum Gasteiger partial charge on any atom is -0.396 e. The van der Waals surface area contributed by atoms with Gasteiger partial charge in [-0.05, 0) is 37.0 Å². The average molecular weight is 230 g/mol. The molecule has 88 valence electrons. The van der Waals surface area contributed by atoms with Crippen LogP contribution in [0.2, 0.25) is 0 Å². The van der Waals surface area contributed by atoms with Gasteiger partial charge in [0.2, 0.25) is 5.91 Å². The number of nitrogens with one attached hydrogen (secondary N) is 1. The number of aliphatic hydroxyl groups is 1. The summed E-state index contributed by atoms with van der Waals surface area (Å²) in [5.41, 5.74) is 0.925. The molecule has 0 saturated heterocycles. The predicted molar refractivity (Wildman–Crippen MR) is 63.1 cm³/mol. The normalized spacial score (nSPS) is 16.0. The van der Waals surface area contributed by atoms with E-state index in [0.717, 1.165) is 5.56 Å². The number of nitriles is 1. The second-order valence-corrected chi connectivity index (χ2v) is 4.32. The Morgan fingerprint density at radius 3 is 2.53 bits per heavy atom. The van der Waals surface area contributed by atoms with E-state index in [2.05, 4.69) is 11.4 Å². The number of benzene rings is 1. The largest absolute Gasteiger partial charge is 0.396 e. The summed E-state index contributed by atoms with van der Waals surface area (Å²) < 4.78 is 0. The monoisotopic (exact) mass is 230 g/mol. The first-order valence-electron chi connectivity index (χ1n) is 5.63. The van der Waals surface area contributed by atoms with Crippen LogP contribution in [0, 0.1) is 16.7 Å². The molecular weight excluding hydrogens is 216 g/mol.